The number of thioether (sulfide) groups is 1. The van der Waals surface area contributed by atoms with E-state index in [0.717, 1.165) is 35.9 Å². The van der Waals surface area contributed by atoms with Gasteiger partial charge < -0.3 is 11.5 Å². The zero-order chi connectivity index (χ0) is 22.3. The number of rotatable bonds is 8. The van der Waals surface area contributed by atoms with Gasteiger partial charge in [0.25, 0.3) is 0 Å². The van der Waals surface area contributed by atoms with Crippen molar-refractivity contribution >= 4 is 35.3 Å². The van der Waals surface area contributed by atoms with Crippen LogP contribution in [-0.2, 0) is 0 Å². The van der Waals surface area contributed by atoms with Gasteiger partial charge in [-0.3, -0.25) is 10.4 Å². The van der Waals surface area contributed by atoms with E-state index in [4.69, 9.17) is 16.9 Å². The molecule has 0 radical (unpaired) electrons. The molecule has 0 aliphatic carbocycles. The first-order valence-electron chi connectivity index (χ1n) is 10.8. The van der Waals surface area contributed by atoms with E-state index in [2.05, 4.69) is 73.0 Å². The Hall–Kier alpha value is -0.200. The van der Waals surface area contributed by atoms with Gasteiger partial charge in [0, 0.05) is 12.5 Å². The Morgan fingerprint density at radius 1 is 1.04 bits per heavy atom. The first-order valence-corrected chi connectivity index (χ1v) is 12.4. The molecule has 168 valence electrons. The maximum Gasteiger partial charge on any atom is 0.0941 e. The van der Waals surface area contributed by atoms with Crippen molar-refractivity contribution in [3.63, 3.8) is 0 Å². The number of nitrogens with two attached hydrogens (primary N) is 2. The van der Waals surface area contributed by atoms with Gasteiger partial charge in [-0.1, -0.05) is 55.4 Å². The highest BCUT2D eigenvalue weighted by atomic mass is 32.2. The van der Waals surface area contributed by atoms with Gasteiger partial charge in [0.15, 0.2) is 0 Å². The Labute approximate surface area is 185 Å². The van der Waals surface area contributed by atoms with E-state index in [-0.39, 0.29) is 0 Å². The van der Waals surface area contributed by atoms with Crippen LogP contribution < -0.4 is 11.5 Å². The van der Waals surface area contributed by atoms with E-state index >= 15 is 0 Å². The highest BCUT2D eigenvalue weighted by Crippen LogP contribution is 2.18. The maximum absolute atomic E-state index is 7.01. The fourth-order valence-corrected chi connectivity index (χ4v) is 3.84. The fraction of sp³-hybridized carbons (Fsp3) is 0.909. The van der Waals surface area contributed by atoms with Crippen molar-refractivity contribution in [3.05, 3.63) is 0 Å². The lowest BCUT2D eigenvalue weighted by Gasteiger charge is -2.21. The maximum atomic E-state index is 7.01. The van der Waals surface area contributed by atoms with E-state index in [1.165, 1.54) is 12.2 Å². The summed E-state index contributed by atoms with van der Waals surface area (Å²) in [7, 11) is 0. The van der Waals surface area contributed by atoms with Crippen LogP contribution in [0.15, 0.2) is 4.99 Å². The van der Waals surface area contributed by atoms with Crippen molar-refractivity contribution in [2.24, 2.45) is 40.1 Å². The molecule has 0 spiro atoms. The van der Waals surface area contributed by atoms with Gasteiger partial charge in [0.05, 0.1) is 16.9 Å². The summed E-state index contributed by atoms with van der Waals surface area (Å²) in [5.41, 5.74) is 11.6. The molecule has 4 nitrogen and oxygen atoms in total. The second kappa shape index (κ2) is 17.6. The minimum atomic E-state index is 0.356. The summed E-state index contributed by atoms with van der Waals surface area (Å²) in [5.74, 6) is 5.20. The average molecular weight is 433 g/mol. The van der Waals surface area contributed by atoms with Crippen LogP contribution >= 0.6 is 24.4 Å². The monoisotopic (exact) mass is 432 g/mol. The van der Waals surface area contributed by atoms with Gasteiger partial charge in [-0.05, 0) is 54.4 Å². The number of nitrogens with zero attached hydrogens (tertiary/aromatic N) is 1. The molecule has 5 N–H and O–H groups in total. The quantitative estimate of drug-likeness (QED) is 0.220. The zero-order valence-corrected chi connectivity index (χ0v) is 21.4. The van der Waals surface area contributed by atoms with E-state index in [0.29, 0.717) is 35.8 Å². The minimum absolute atomic E-state index is 0.356. The predicted molar refractivity (Wildman–Crippen MR) is 135 cm³/mol. The molecular weight excluding hydrogens is 384 g/mol. The van der Waals surface area contributed by atoms with Gasteiger partial charge in [0.1, 0.15) is 0 Å². The van der Waals surface area contributed by atoms with Gasteiger partial charge >= 0.3 is 0 Å². The molecule has 0 amide bonds. The summed E-state index contributed by atoms with van der Waals surface area (Å²) in [5, 5.41) is 7.88. The van der Waals surface area contributed by atoms with Crippen LogP contribution in [0.1, 0.15) is 81.1 Å². The molecule has 0 saturated carbocycles. The fourth-order valence-electron chi connectivity index (χ4n) is 2.85. The minimum Gasteiger partial charge on any atom is -0.387 e. The summed E-state index contributed by atoms with van der Waals surface area (Å²) in [6, 6.07) is 0.727. The van der Waals surface area contributed by atoms with Gasteiger partial charge in [0.2, 0.25) is 0 Å². The second-order valence-corrected chi connectivity index (χ2v) is 10.5. The highest BCUT2D eigenvalue weighted by Gasteiger charge is 2.16. The van der Waals surface area contributed by atoms with Crippen molar-refractivity contribution in [1.29, 1.82) is 5.41 Å². The van der Waals surface area contributed by atoms with Gasteiger partial charge in [-0.2, -0.15) is 12.6 Å². The molecule has 28 heavy (non-hydrogen) atoms. The Balaban J connectivity index is 0. The Bertz CT molecular complexity index is 397. The van der Waals surface area contributed by atoms with Crippen LogP contribution in [-0.4, -0.2) is 34.5 Å². The number of hydrogen-bond acceptors (Lipinski definition) is 5. The predicted octanol–water partition coefficient (Wildman–Crippen LogP) is 5.85. The van der Waals surface area contributed by atoms with Crippen LogP contribution in [0.25, 0.3) is 0 Å². The van der Waals surface area contributed by atoms with E-state index < -0.39 is 0 Å². The summed E-state index contributed by atoms with van der Waals surface area (Å²) in [6.45, 7) is 17.4. The summed E-state index contributed by atoms with van der Waals surface area (Å²) in [4.78, 5) is 4.57. The largest absolute Gasteiger partial charge is 0.387 e. The number of nitrogens with one attached hydrogen (secondary N) is 1. The average Bonchev–Trinajstić information content (AvgIpc) is 3.08. The summed E-state index contributed by atoms with van der Waals surface area (Å²) < 4.78 is 0. The third-order valence-corrected chi connectivity index (χ3v) is 6.00. The molecule has 1 heterocycles. The van der Waals surface area contributed by atoms with Crippen molar-refractivity contribution in [1.82, 2.24) is 0 Å². The lowest BCUT2D eigenvalue weighted by Crippen LogP contribution is -2.31. The molecule has 0 atom stereocenters. The highest BCUT2D eigenvalue weighted by molar-refractivity contribution is 8.14. The molecule has 0 bridgehead atoms. The van der Waals surface area contributed by atoms with Crippen LogP contribution in [0.4, 0.5) is 0 Å². The molecule has 0 aromatic heterocycles. The van der Waals surface area contributed by atoms with Crippen LogP contribution in [0.3, 0.4) is 0 Å². The third-order valence-electron chi connectivity index (χ3n) is 4.64. The molecule has 1 aliphatic heterocycles. The van der Waals surface area contributed by atoms with Gasteiger partial charge in [-0.25, -0.2) is 0 Å². The van der Waals surface area contributed by atoms with Crippen LogP contribution in [0.5, 0.6) is 0 Å². The molecule has 1 saturated heterocycles. The normalized spacial score (nSPS) is 14.9. The van der Waals surface area contributed by atoms with E-state index in [1.54, 1.807) is 11.8 Å². The second-order valence-electron chi connectivity index (χ2n) is 8.87. The number of hydrogen-bond donors (Lipinski definition) is 4. The standard InChI is InChI=1S/C11H24N2S.C7H17N.C4H7NS/c1-8(2)11(9(3)4)13-10(12)6-5-7-14;1-5(2)7(8)6(3)4;5-4-2-1-3-6-4/h8-9,11,14H,5-7H2,1-4H3,(H2,12,13);5-7H,8H2,1-4H3;5H,1-3H2. The summed E-state index contributed by atoms with van der Waals surface area (Å²) >= 11 is 5.84. The first-order chi connectivity index (χ1) is 12.9. The molecule has 0 aromatic rings. The molecule has 6 heteroatoms. The van der Waals surface area contributed by atoms with Crippen LogP contribution in [0, 0.1) is 29.1 Å². The topological polar surface area (TPSA) is 88.2 Å². The number of thiol groups is 1. The Morgan fingerprint density at radius 3 is 1.75 bits per heavy atom. The van der Waals surface area contributed by atoms with E-state index in [9.17, 15) is 0 Å². The lowest BCUT2D eigenvalue weighted by molar-refractivity contribution is 0.386. The smallest absolute Gasteiger partial charge is 0.0941 e. The molecular formula is C22H48N4S2. The Morgan fingerprint density at radius 2 is 1.54 bits per heavy atom. The van der Waals surface area contributed by atoms with Crippen molar-refractivity contribution in [3.8, 4) is 0 Å². The molecule has 1 fully saturated rings. The zero-order valence-electron chi connectivity index (χ0n) is 19.7. The summed E-state index contributed by atoms with van der Waals surface area (Å²) in [6.07, 6.45) is 4.15. The number of amidine groups is 1. The van der Waals surface area contributed by atoms with Gasteiger partial charge in [-0.15, -0.1) is 11.8 Å². The molecule has 1 aliphatic rings. The molecule has 0 aromatic carbocycles. The van der Waals surface area contributed by atoms with Crippen molar-refractivity contribution < 1.29 is 0 Å². The van der Waals surface area contributed by atoms with Crippen LogP contribution in [0.2, 0.25) is 0 Å². The Kier molecular flexibility index (Phi) is 18.9. The SMILES string of the molecule is CC(C)C(N)C(C)C.CC(C)C(N=C(N)CCCS)C(C)C.N=C1CCCS1. The molecule has 1 rings (SSSR count). The molecule has 0 unspecified atom stereocenters. The number of aliphatic imine (C=N–C) groups is 1. The van der Waals surface area contributed by atoms with Crippen molar-refractivity contribution in [2.75, 3.05) is 11.5 Å². The lowest BCUT2D eigenvalue weighted by atomic mass is 9.94. The van der Waals surface area contributed by atoms with E-state index in [1.807, 2.05) is 0 Å². The first kappa shape index (κ1) is 30.0. The third kappa shape index (κ3) is 16.7. The van der Waals surface area contributed by atoms with Crippen molar-refractivity contribution in [2.45, 2.75) is 93.2 Å².